The van der Waals surface area contributed by atoms with E-state index in [0.717, 1.165) is 77.1 Å². The van der Waals surface area contributed by atoms with E-state index in [2.05, 4.69) is 129 Å². The molecule has 45 heavy (non-hydrogen) atoms. The fourth-order valence-corrected chi connectivity index (χ4v) is 7.22. The molecule has 3 aromatic heterocycles. The molecule has 0 spiro atoms. The highest BCUT2D eigenvalue weighted by molar-refractivity contribution is 6.23. The van der Waals surface area contributed by atoms with Crippen LogP contribution in [0.3, 0.4) is 0 Å². The van der Waals surface area contributed by atoms with Crippen LogP contribution in [0.1, 0.15) is 50.7 Å². The van der Waals surface area contributed by atoms with Gasteiger partial charge in [0.15, 0.2) is 0 Å². The molecule has 0 atom stereocenters. The van der Waals surface area contributed by atoms with Crippen molar-refractivity contribution in [2.24, 2.45) is 0 Å². The fourth-order valence-electron chi connectivity index (χ4n) is 7.22. The van der Waals surface area contributed by atoms with Crippen molar-refractivity contribution in [1.29, 1.82) is 0 Å². The molecule has 0 radical (unpaired) electrons. The maximum absolute atomic E-state index is 6.92. The van der Waals surface area contributed by atoms with E-state index in [-0.39, 0.29) is 0 Å². The van der Waals surface area contributed by atoms with Gasteiger partial charge in [0.25, 0.3) is 0 Å². The van der Waals surface area contributed by atoms with E-state index < -0.39 is 0 Å². The van der Waals surface area contributed by atoms with Crippen molar-refractivity contribution in [2.45, 2.75) is 39.5 Å². The van der Waals surface area contributed by atoms with Crippen LogP contribution >= 0.6 is 0 Å². The Morgan fingerprint density at radius 3 is 1.78 bits per heavy atom. The topological polar surface area (TPSA) is 44.1 Å². The Kier molecular flexibility index (Phi) is 5.55. The number of para-hydroxylation sites is 5. The van der Waals surface area contributed by atoms with E-state index in [9.17, 15) is 0 Å². The molecular formula is C41H32N2O2. The summed E-state index contributed by atoms with van der Waals surface area (Å²) in [7, 11) is 0. The number of hydrogen-bond acceptors (Lipinski definition) is 3. The minimum absolute atomic E-state index is 0.344. The van der Waals surface area contributed by atoms with Gasteiger partial charge in [-0.1, -0.05) is 88.4 Å². The molecule has 6 aromatic carbocycles. The first-order valence-corrected chi connectivity index (χ1v) is 15.8. The van der Waals surface area contributed by atoms with Crippen molar-refractivity contribution in [1.82, 2.24) is 9.55 Å². The van der Waals surface area contributed by atoms with Gasteiger partial charge in [0.05, 0.1) is 22.3 Å². The lowest BCUT2D eigenvalue weighted by molar-refractivity contribution is 0.669. The van der Waals surface area contributed by atoms with Crippen molar-refractivity contribution in [3.63, 3.8) is 0 Å². The maximum Gasteiger partial charge on any atom is 0.149 e. The molecule has 0 aliphatic carbocycles. The molecule has 0 aliphatic heterocycles. The van der Waals surface area contributed by atoms with E-state index in [1.165, 1.54) is 16.8 Å². The van der Waals surface area contributed by atoms with Crippen LogP contribution in [0.4, 0.5) is 0 Å². The number of imidazole rings is 1. The van der Waals surface area contributed by atoms with E-state index in [0.29, 0.717) is 11.8 Å². The molecule has 3 heterocycles. The van der Waals surface area contributed by atoms with E-state index in [1.807, 2.05) is 12.1 Å². The molecule has 0 fully saturated rings. The minimum atomic E-state index is 0.344. The molecule has 0 unspecified atom stereocenters. The number of furan rings is 2. The highest BCUT2D eigenvalue weighted by Gasteiger charge is 2.25. The summed E-state index contributed by atoms with van der Waals surface area (Å²) in [4.78, 5) is 5.30. The zero-order valence-corrected chi connectivity index (χ0v) is 25.8. The van der Waals surface area contributed by atoms with E-state index in [1.54, 1.807) is 0 Å². The molecule has 4 nitrogen and oxygen atoms in total. The van der Waals surface area contributed by atoms with Crippen molar-refractivity contribution in [2.75, 3.05) is 0 Å². The Bertz CT molecular complexity index is 2580. The highest BCUT2D eigenvalue weighted by Crippen LogP contribution is 2.43. The number of rotatable bonds is 4. The minimum Gasteiger partial charge on any atom is -0.455 e. The van der Waals surface area contributed by atoms with Crippen LogP contribution in [0.15, 0.2) is 118 Å². The average Bonchev–Trinajstić information content (AvgIpc) is 3.75. The summed E-state index contributed by atoms with van der Waals surface area (Å²) < 4.78 is 15.7. The van der Waals surface area contributed by atoms with Crippen LogP contribution in [0, 0.1) is 0 Å². The van der Waals surface area contributed by atoms with Crippen LogP contribution in [-0.2, 0) is 0 Å². The van der Waals surface area contributed by atoms with Gasteiger partial charge in [-0.05, 0) is 71.5 Å². The summed E-state index contributed by atoms with van der Waals surface area (Å²) >= 11 is 0. The van der Waals surface area contributed by atoms with Gasteiger partial charge in [-0.15, -0.1) is 0 Å². The Labute approximate surface area is 260 Å². The molecular weight excluding hydrogens is 552 g/mol. The number of fused-ring (bicyclic) bond motifs is 10. The highest BCUT2D eigenvalue weighted by atomic mass is 16.3. The molecule has 0 aliphatic rings. The predicted octanol–water partition coefficient (Wildman–Crippen LogP) is 11.9. The largest absolute Gasteiger partial charge is 0.455 e. The second kappa shape index (κ2) is 9.57. The third kappa shape index (κ3) is 3.69. The first-order chi connectivity index (χ1) is 22.0. The first kappa shape index (κ1) is 26.1. The molecule has 0 bridgehead atoms. The first-order valence-electron chi connectivity index (χ1n) is 15.8. The van der Waals surface area contributed by atoms with Crippen LogP contribution in [0.25, 0.3) is 82.8 Å². The number of nitrogens with zero attached hydrogens (tertiary/aromatic N) is 2. The van der Waals surface area contributed by atoms with Crippen molar-refractivity contribution in [3.8, 4) is 17.1 Å². The molecule has 0 saturated heterocycles. The zero-order valence-electron chi connectivity index (χ0n) is 25.8. The van der Waals surface area contributed by atoms with Crippen molar-refractivity contribution >= 4 is 65.7 Å². The Morgan fingerprint density at radius 2 is 1.07 bits per heavy atom. The van der Waals surface area contributed by atoms with Crippen LogP contribution < -0.4 is 0 Å². The third-order valence-corrected chi connectivity index (χ3v) is 9.37. The van der Waals surface area contributed by atoms with Crippen molar-refractivity contribution in [3.05, 3.63) is 120 Å². The quantitative estimate of drug-likeness (QED) is 0.207. The fraction of sp³-hybridized carbons (Fsp3) is 0.146. The summed E-state index contributed by atoms with van der Waals surface area (Å²) in [5.41, 5.74) is 10.4. The van der Waals surface area contributed by atoms with Gasteiger partial charge in [-0.25, -0.2) is 4.98 Å². The van der Waals surface area contributed by atoms with Gasteiger partial charge in [0.2, 0.25) is 0 Å². The lowest BCUT2D eigenvalue weighted by atomic mass is 9.92. The van der Waals surface area contributed by atoms with Gasteiger partial charge in [0, 0.05) is 32.3 Å². The number of hydrogen-bond donors (Lipinski definition) is 0. The van der Waals surface area contributed by atoms with E-state index in [4.69, 9.17) is 13.8 Å². The smallest absolute Gasteiger partial charge is 0.149 e. The molecule has 0 amide bonds. The Morgan fingerprint density at radius 1 is 0.511 bits per heavy atom. The number of aromatic nitrogens is 2. The molecule has 4 heteroatoms. The standard InChI is InChI=1S/C41H32N2O2/c1-23(2)25-12-9-13-26(24(3)4)37(25)43-35-17-7-6-16-34(35)42-41(43)33-15-10-14-28-30-21-22-31-32(39(30)45-40(28)33)20-19-29-27-11-5-8-18-36(27)44-38(29)31/h5-24H,1-4H3. The normalized spacial score (nSPS) is 12.4. The monoisotopic (exact) mass is 584 g/mol. The predicted molar refractivity (Wildman–Crippen MR) is 187 cm³/mol. The lowest BCUT2D eigenvalue weighted by Gasteiger charge is -2.22. The Hall–Kier alpha value is -5.35. The summed E-state index contributed by atoms with van der Waals surface area (Å²) in [6, 6.07) is 38.5. The van der Waals surface area contributed by atoms with Gasteiger partial charge in [0.1, 0.15) is 28.2 Å². The maximum atomic E-state index is 6.92. The van der Waals surface area contributed by atoms with Gasteiger partial charge in [-0.2, -0.15) is 0 Å². The van der Waals surface area contributed by atoms with Crippen LogP contribution in [-0.4, -0.2) is 9.55 Å². The van der Waals surface area contributed by atoms with E-state index >= 15 is 0 Å². The second-order valence-electron chi connectivity index (χ2n) is 12.7. The number of benzene rings is 6. The van der Waals surface area contributed by atoms with Crippen molar-refractivity contribution < 1.29 is 8.83 Å². The molecule has 0 N–H and O–H groups in total. The SMILES string of the molecule is CC(C)c1cccc(C(C)C)c1-n1c(-c2cccc3c2oc2c3ccc3c2ccc2c4ccccc4oc23)nc2ccccc21. The summed E-state index contributed by atoms with van der Waals surface area (Å²) in [6.07, 6.45) is 0. The summed E-state index contributed by atoms with van der Waals surface area (Å²) in [5.74, 6) is 1.58. The molecule has 9 aromatic rings. The lowest BCUT2D eigenvalue weighted by Crippen LogP contribution is -2.08. The molecule has 0 saturated carbocycles. The molecule has 218 valence electrons. The second-order valence-corrected chi connectivity index (χ2v) is 12.7. The molecule has 9 rings (SSSR count). The van der Waals surface area contributed by atoms with Gasteiger partial charge < -0.3 is 8.83 Å². The van der Waals surface area contributed by atoms with Gasteiger partial charge in [-0.3, -0.25) is 4.57 Å². The van der Waals surface area contributed by atoms with Crippen LogP contribution in [0.5, 0.6) is 0 Å². The zero-order chi connectivity index (χ0) is 30.4. The summed E-state index contributed by atoms with van der Waals surface area (Å²) in [6.45, 7) is 9.08. The van der Waals surface area contributed by atoms with Crippen LogP contribution in [0.2, 0.25) is 0 Å². The third-order valence-electron chi connectivity index (χ3n) is 9.37. The summed E-state index contributed by atoms with van der Waals surface area (Å²) in [5, 5.41) is 6.51. The average molecular weight is 585 g/mol. The Balaban J connectivity index is 1.37. The van der Waals surface area contributed by atoms with Gasteiger partial charge >= 0.3 is 0 Å².